The second-order valence-corrected chi connectivity index (χ2v) is 4.35. The molecule has 92 valence electrons. The standard InChI is InChI=1S/C12H13N5O/c1-9-3-7-16(8-4-9)11(18)10-14-12-13-5-2-6-17(12)15-10/h2-3,5-6H,4,7-8H2,1H3. The highest BCUT2D eigenvalue weighted by Crippen LogP contribution is 2.11. The van der Waals surface area contributed by atoms with Gasteiger partial charge in [-0.15, -0.1) is 5.10 Å². The minimum absolute atomic E-state index is 0.135. The van der Waals surface area contributed by atoms with E-state index >= 15 is 0 Å². The Kier molecular flexibility index (Phi) is 2.55. The van der Waals surface area contributed by atoms with Crippen molar-refractivity contribution in [3.63, 3.8) is 0 Å². The zero-order valence-corrected chi connectivity index (χ0v) is 10.1. The van der Waals surface area contributed by atoms with Crippen LogP contribution < -0.4 is 0 Å². The van der Waals surface area contributed by atoms with Crippen molar-refractivity contribution in [3.8, 4) is 0 Å². The summed E-state index contributed by atoms with van der Waals surface area (Å²) in [6, 6.07) is 1.75. The highest BCUT2D eigenvalue weighted by atomic mass is 16.2. The van der Waals surface area contributed by atoms with Gasteiger partial charge >= 0.3 is 0 Å². The number of aromatic nitrogens is 4. The summed E-state index contributed by atoms with van der Waals surface area (Å²) in [6.07, 6.45) is 6.34. The summed E-state index contributed by atoms with van der Waals surface area (Å²) >= 11 is 0. The van der Waals surface area contributed by atoms with E-state index in [2.05, 4.69) is 28.1 Å². The lowest BCUT2D eigenvalue weighted by molar-refractivity contribution is 0.0757. The van der Waals surface area contributed by atoms with E-state index in [1.54, 1.807) is 23.4 Å². The fraction of sp³-hybridized carbons (Fsp3) is 0.333. The van der Waals surface area contributed by atoms with E-state index in [-0.39, 0.29) is 11.7 Å². The highest BCUT2D eigenvalue weighted by Gasteiger charge is 2.21. The van der Waals surface area contributed by atoms with Gasteiger partial charge in [-0.1, -0.05) is 11.6 Å². The van der Waals surface area contributed by atoms with E-state index in [0.29, 0.717) is 12.3 Å². The van der Waals surface area contributed by atoms with E-state index in [0.717, 1.165) is 13.0 Å². The lowest BCUT2D eigenvalue weighted by Gasteiger charge is -2.23. The molecule has 0 radical (unpaired) electrons. The molecule has 6 nitrogen and oxygen atoms in total. The lowest BCUT2D eigenvalue weighted by Crippen LogP contribution is -2.35. The fourth-order valence-corrected chi connectivity index (χ4v) is 1.92. The van der Waals surface area contributed by atoms with Gasteiger partial charge in [0, 0.05) is 25.5 Å². The van der Waals surface area contributed by atoms with Crippen LogP contribution in [-0.4, -0.2) is 43.5 Å². The Bertz CT molecular complexity index is 597. The molecule has 2 aromatic rings. The van der Waals surface area contributed by atoms with Crippen LogP contribution in [0.15, 0.2) is 30.1 Å². The molecule has 6 heteroatoms. The van der Waals surface area contributed by atoms with Gasteiger partial charge in [0.1, 0.15) is 0 Å². The van der Waals surface area contributed by atoms with Crippen LogP contribution in [-0.2, 0) is 0 Å². The van der Waals surface area contributed by atoms with Gasteiger partial charge in [-0.2, -0.15) is 4.98 Å². The minimum atomic E-state index is -0.135. The van der Waals surface area contributed by atoms with Gasteiger partial charge in [0.05, 0.1) is 0 Å². The van der Waals surface area contributed by atoms with Crippen LogP contribution in [0.4, 0.5) is 0 Å². The molecule has 0 aromatic carbocycles. The highest BCUT2D eigenvalue weighted by molar-refractivity contribution is 5.91. The van der Waals surface area contributed by atoms with Crippen LogP contribution in [0.25, 0.3) is 5.78 Å². The predicted molar refractivity (Wildman–Crippen MR) is 65.1 cm³/mol. The van der Waals surface area contributed by atoms with Crippen molar-refractivity contribution >= 4 is 11.7 Å². The summed E-state index contributed by atoms with van der Waals surface area (Å²) in [5.41, 5.74) is 1.32. The first-order valence-corrected chi connectivity index (χ1v) is 5.86. The number of rotatable bonds is 1. The smallest absolute Gasteiger partial charge is 0.293 e. The molecule has 0 saturated carbocycles. The van der Waals surface area contributed by atoms with Crippen LogP contribution in [0.1, 0.15) is 24.0 Å². The second-order valence-electron chi connectivity index (χ2n) is 4.35. The van der Waals surface area contributed by atoms with E-state index in [1.165, 1.54) is 10.1 Å². The molecule has 0 saturated heterocycles. The summed E-state index contributed by atoms with van der Waals surface area (Å²) < 4.78 is 1.51. The number of amides is 1. The SMILES string of the molecule is CC1=CCN(C(=O)c2nc3ncccn3n2)CC1. The largest absolute Gasteiger partial charge is 0.332 e. The number of carbonyl (C=O) groups is 1. The van der Waals surface area contributed by atoms with Crippen molar-refractivity contribution in [1.82, 2.24) is 24.5 Å². The lowest BCUT2D eigenvalue weighted by atomic mass is 10.1. The second kappa shape index (κ2) is 4.21. The third-order valence-corrected chi connectivity index (χ3v) is 3.03. The van der Waals surface area contributed by atoms with E-state index in [1.807, 2.05) is 0 Å². The summed E-state index contributed by atoms with van der Waals surface area (Å²) in [5.74, 6) is 0.524. The summed E-state index contributed by atoms with van der Waals surface area (Å²) in [5, 5.41) is 4.14. The zero-order valence-electron chi connectivity index (χ0n) is 10.1. The number of carbonyl (C=O) groups excluding carboxylic acids is 1. The van der Waals surface area contributed by atoms with Gasteiger partial charge in [-0.05, 0) is 19.4 Å². The Morgan fingerprint density at radius 2 is 2.33 bits per heavy atom. The van der Waals surface area contributed by atoms with Crippen molar-refractivity contribution in [2.75, 3.05) is 13.1 Å². The maximum absolute atomic E-state index is 12.2. The maximum Gasteiger partial charge on any atom is 0.293 e. The molecular weight excluding hydrogens is 230 g/mol. The zero-order chi connectivity index (χ0) is 12.5. The van der Waals surface area contributed by atoms with E-state index in [9.17, 15) is 4.79 Å². The first kappa shape index (κ1) is 10.9. The van der Waals surface area contributed by atoms with Gasteiger partial charge < -0.3 is 4.90 Å². The molecule has 0 bridgehead atoms. The molecule has 1 aliphatic rings. The van der Waals surface area contributed by atoms with Crippen molar-refractivity contribution in [1.29, 1.82) is 0 Å². The normalized spacial score (nSPS) is 15.8. The third kappa shape index (κ3) is 1.85. The molecule has 1 aliphatic heterocycles. The molecular formula is C12H13N5O. The molecule has 0 unspecified atom stereocenters. The van der Waals surface area contributed by atoms with Gasteiger partial charge in [0.15, 0.2) is 0 Å². The van der Waals surface area contributed by atoms with Crippen LogP contribution in [0.5, 0.6) is 0 Å². The van der Waals surface area contributed by atoms with Crippen LogP contribution >= 0.6 is 0 Å². The van der Waals surface area contributed by atoms with Crippen molar-refractivity contribution in [2.45, 2.75) is 13.3 Å². The molecule has 18 heavy (non-hydrogen) atoms. The Balaban J connectivity index is 1.88. The van der Waals surface area contributed by atoms with Crippen LogP contribution in [0, 0.1) is 0 Å². The van der Waals surface area contributed by atoms with Crippen molar-refractivity contribution in [2.24, 2.45) is 0 Å². The molecule has 2 aromatic heterocycles. The average Bonchev–Trinajstić information content (AvgIpc) is 2.82. The topological polar surface area (TPSA) is 63.4 Å². The van der Waals surface area contributed by atoms with Crippen molar-refractivity contribution < 1.29 is 4.79 Å². The minimum Gasteiger partial charge on any atom is -0.332 e. The molecule has 0 atom stereocenters. The molecule has 3 heterocycles. The van der Waals surface area contributed by atoms with Crippen LogP contribution in [0.3, 0.4) is 0 Å². The first-order chi connectivity index (χ1) is 8.74. The monoisotopic (exact) mass is 243 g/mol. The van der Waals surface area contributed by atoms with E-state index < -0.39 is 0 Å². The number of fused-ring (bicyclic) bond motifs is 1. The molecule has 0 aliphatic carbocycles. The van der Waals surface area contributed by atoms with E-state index in [4.69, 9.17) is 0 Å². The van der Waals surface area contributed by atoms with Crippen LogP contribution in [0.2, 0.25) is 0 Å². The Hall–Kier alpha value is -2.24. The number of hydrogen-bond donors (Lipinski definition) is 0. The fourth-order valence-electron chi connectivity index (χ4n) is 1.92. The third-order valence-electron chi connectivity index (χ3n) is 3.03. The summed E-state index contributed by atoms with van der Waals surface area (Å²) in [6.45, 7) is 3.44. The molecule has 0 spiro atoms. The summed E-state index contributed by atoms with van der Waals surface area (Å²) in [4.78, 5) is 22.1. The average molecular weight is 243 g/mol. The summed E-state index contributed by atoms with van der Waals surface area (Å²) in [7, 11) is 0. The molecule has 3 rings (SSSR count). The first-order valence-electron chi connectivity index (χ1n) is 5.86. The molecule has 0 N–H and O–H groups in total. The molecule has 0 fully saturated rings. The number of nitrogens with zero attached hydrogens (tertiary/aromatic N) is 5. The van der Waals surface area contributed by atoms with Gasteiger partial charge in [0.2, 0.25) is 5.82 Å². The molecule has 1 amide bonds. The maximum atomic E-state index is 12.2. The Morgan fingerprint density at radius 1 is 1.44 bits per heavy atom. The number of hydrogen-bond acceptors (Lipinski definition) is 4. The Morgan fingerprint density at radius 3 is 3.06 bits per heavy atom. The van der Waals surface area contributed by atoms with Gasteiger partial charge in [-0.3, -0.25) is 4.79 Å². The Labute approximate surface area is 104 Å². The van der Waals surface area contributed by atoms with Crippen molar-refractivity contribution in [3.05, 3.63) is 35.9 Å². The van der Waals surface area contributed by atoms with Gasteiger partial charge in [0.25, 0.3) is 11.7 Å². The predicted octanol–water partition coefficient (Wildman–Crippen LogP) is 0.916. The quantitative estimate of drug-likeness (QED) is 0.698. The van der Waals surface area contributed by atoms with Gasteiger partial charge in [-0.25, -0.2) is 9.50 Å².